The fourth-order valence-corrected chi connectivity index (χ4v) is 1.87. The number of hydrogen-bond donors (Lipinski definition) is 1. The number of carbonyl (C=O) groups is 1. The largest absolute Gasteiger partial charge is 0.461 e. The number of ether oxygens (including phenoxy) is 1. The molecule has 1 saturated carbocycles. The van der Waals surface area contributed by atoms with Crippen LogP contribution in [0.25, 0.3) is 0 Å². The van der Waals surface area contributed by atoms with Gasteiger partial charge in [-0.1, -0.05) is 13.0 Å². The van der Waals surface area contributed by atoms with Gasteiger partial charge in [0.25, 0.3) is 0 Å². The van der Waals surface area contributed by atoms with E-state index in [-0.39, 0.29) is 12.1 Å². The van der Waals surface area contributed by atoms with Crippen LogP contribution in [0.15, 0.2) is 12.7 Å². The molecule has 0 radical (unpaired) electrons. The fourth-order valence-electron chi connectivity index (χ4n) is 1.87. The van der Waals surface area contributed by atoms with E-state index in [9.17, 15) is 4.79 Å². The van der Waals surface area contributed by atoms with Crippen molar-refractivity contribution in [3.8, 4) is 0 Å². The quantitative estimate of drug-likeness (QED) is 0.571. The molecule has 2 N–H and O–H groups in total. The summed E-state index contributed by atoms with van der Waals surface area (Å²) in [5.74, 6) is 0.483. The van der Waals surface area contributed by atoms with Crippen LogP contribution in [0.1, 0.15) is 39.0 Å². The third-order valence-electron chi connectivity index (χ3n) is 2.97. The van der Waals surface area contributed by atoms with Crippen LogP contribution in [0.4, 0.5) is 0 Å². The van der Waals surface area contributed by atoms with Crippen molar-refractivity contribution >= 4 is 5.97 Å². The molecule has 86 valence electrons. The van der Waals surface area contributed by atoms with Crippen molar-refractivity contribution in [2.75, 3.05) is 0 Å². The second-order valence-corrected chi connectivity index (χ2v) is 4.45. The molecule has 0 bridgehead atoms. The van der Waals surface area contributed by atoms with Gasteiger partial charge in [0.2, 0.25) is 0 Å². The van der Waals surface area contributed by atoms with Crippen LogP contribution < -0.4 is 5.73 Å². The molecule has 0 aliphatic heterocycles. The van der Waals surface area contributed by atoms with Crippen molar-refractivity contribution < 1.29 is 9.53 Å². The summed E-state index contributed by atoms with van der Waals surface area (Å²) < 4.78 is 5.34. The first kappa shape index (κ1) is 12.2. The van der Waals surface area contributed by atoms with Crippen LogP contribution in [0, 0.1) is 5.92 Å². The van der Waals surface area contributed by atoms with Crippen molar-refractivity contribution in [3.63, 3.8) is 0 Å². The number of nitrogens with two attached hydrogens (primary N) is 1. The summed E-state index contributed by atoms with van der Waals surface area (Å²) in [6.45, 7) is 5.79. The van der Waals surface area contributed by atoms with E-state index in [2.05, 4.69) is 13.5 Å². The Balaban J connectivity index is 2.28. The lowest BCUT2D eigenvalue weighted by atomic mass is 9.89. The summed E-state index contributed by atoms with van der Waals surface area (Å²) in [5.41, 5.74) is 5.63. The van der Waals surface area contributed by atoms with Crippen LogP contribution >= 0.6 is 0 Å². The monoisotopic (exact) mass is 211 g/mol. The maximum Gasteiger partial charge on any atom is 0.323 e. The summed E-state index contributed by atoms with van der Waals surface area (Å²) in [4.78, 5) is 11.5. The van der Waals surface area contributed by atoms with E-state index in [4.69, 9.17) is 10.5 Å². The summed E-state index contributed by atoms with van der Waals surface area (Å²) in [6, 6.07) is -0.540. The zero-order valence-corrected chi connectivity index (χ0v) is 9.45. The van der Waals surface area contributed by atoms with Crippen molar-refractivity contribution in [1.82, 2.24) is 0 Å². The van der Waals surface area contributed by atoms with Crippen LogP contribution in [-0.2, 0) is 9.53 Å². The van der Waals surface area contributed by atoms with Crippen molar-refractivity contribution in [1.29, 1.82) is 0 Å². The van der Waals surface area contributed by atoms with Crippen molar-refractivity contribution in [2.24, 2.45) is 11.7 Å². The summed E-state index contributed by atoms with van der Waals surface area (Å²) in [5, 5.41) is 0. The Kier molecular flexibility index (Phi) is 4.82. The smallest absolute Gasteiger partial charge is 0.323 e. The highest BCUT2D eigenvalue weighted by molar-refractivity contribution is 5.75. The van der Waals surface area contributed by atoms with E-state index in [1.54, 1.807) is 6.08 Å². The second kappa shape index (κ2) is 5.91. The van der Waals surface area contributed by atoms with E-state index in [1.165, 1.54) is 0 Å². The molecule has 0 spiro atoms. The third-order valence-corrected chi connectivity index (χ3v) is 2.97. The first-order valence-corrected chi connectivity index (χ1v) is 5.70. The molecule has 3 heteroatoms. The fraction of sp³-hybridized carbons (Fsp3) is 0.750. The van der Waals surface area contributed by atoms with Crippen LogP contribution in [0.3, 0.4) is 0 Å². The normalized spacial score (nSPS) is 28.1. The Morgan fingerprint density at radius 2 is 2.13 bits per heavy atom. The predicted octanol–water partition coefficient (Wildman–Crippen LogP) is 2.01. The van der Waals surface area contributed by atoms with Crippen molar-refractivity contribution in [3.05, 3.63) is 12.7 Å². The van der Waals surface area contributed by atoms with Gasteiger partial charge in [-0.05, 0) is 38.0 Å². The van der Waals surface area contributed by atoms with E-state index < -0.39 is 6.04 Å². The van der Waals surface area contributed by atoms with Gasteiger partial charge in [0.05, 0.1) is 0 Å². The summed E-state index contributed by atoms with van der Waals surface area (Å²) in [7, 11) is 0. The number of carbonyl (C=O) groups excluding carboxylic acids is 1. The molecule has 1 aliphatic carbocycles. The zero-order chi connectivity index (χ0) is 11.3. The van der Waals surface area contributed by atoms with Crippen molar-refractivity contribution in [2.45, 2.75) is 51.2 Å². The molecule has 1 unspecified atom stereocenters. The molecule has 0 saturated heterocycles. The first-order chi connectivity index (χ1) is 7.13. The molecule has 0 aromatic carbocycles. The number of rotatable bonds is 4. The molecular formula is C12H21NO2. The second-order valence-electron chi connectivity index (χ2n) is 4.45. The van der Waals surface area contributed by atoms with Gasteiger partial charge in [0, 0.05) is 0 Å². The topological polar surface area (TPSA) is 52.3 Å². The van der Waals surface area contributed by atoms with Gasteiger partial charge < -0.3 is 10.5 Å². The van der Waals surface area contributed by atoms with Gasteiger partial charge in [-0.3, -0.25) is 4.79 Å². The maximum atomic E-state index is 11.5. The van der Waals surface area contributed by atoms with Gasteiger partial charge in [-0.2, -0.15) is 0 Å². The highest BCUT2D eigenvalue weighted by atomic mass is 16.5. The Hall–Kier alpha value is -0.830. The van der Waals surface area contributed by atoms with Crippen LogP contribution in [0.2, 0.25) is 0 Å². The molecule has 1 atom stereocenters. The highest BCUT2D eigenvalue weighted by Crippen LogP contribution is 2.25. The molecule has 0 amide bonds. The van der Waals surface area contributed by atoms with Gasteiger partial charge in [0.1, 0.15) is 12.1 Å². The average Bonchev–Trinajstić information content (AvgIpc) is 2.22. The molecule has 0 aromatic rings. The average molecular weight is 211 g/mol. The van der Waals surface area contributed by atoms with Gasteiger partial charge in [-0.25, -0.2) is 0 Å². The Morgan fingerprint density at radius 1 is 1.53 bits per heavy atom. The molecule has 1 aliphatic rings. The summed E-state index contributed by atoms with van der Waals surface area (Å²) >= 11 is 0. The van der Waals surface area contributed by atoms with E-state index in [1.807, 2.05) is 0 Å². The zero-order valence-electron chi connectivity index (χ0n) is 9.45. The maximum absolute atomic E-state index is 11.5. The van der Waals surface area contributed by atoms with E-state index in [0.717, 1.165) is 31.6 Å². The van der Waals surface area contributed by atoms with Gasteiger partial charge in [-0.15, -0.1) is 6.58 Å². The molecule has 0 aromatic heterocycles. The van der Waals surface area contributed by atoms with Crippen LogP contribution in [0.5, 0.6) is 0 Å². The standard InChI is InChI=1S/C12H21NO2/c1-3-4-11(13)12(14)15-10-7-5-9(2)6-8-10/h3,9-11H,1,4-8,13H2,2H3. The Morgan fingerprint density at radius 3 is 2.67 bits per heavy atom. The van der Waals surface area contributed by atoms with Crippen LogP contribution in [-0.4, -0.2) is 18.1 Å². The molecule has 3 nitrogen and oxygen atoms in total. The molecular weight excluding hydrogens is 190 g/mol. The molecule has 1 fully saturated rings. The highest BCUT2D eigenvalue weighted by Gasteiger charge is 2.23. The number of esters is 1. The summed E-state index contributed by atoms with van der Waals surface area (Å²) in [6.07, 6.45) is 6.48. The number of hydrogen-bond acceptors (Lipinski definition) is 3. The minimum Gasteiger partial charge on any atom is -0.461 e. The Labute approximate surface area is 91.7 Å². The first-order valence-electron chi connectivity index (χ1n) is 5.70. The van der Waals surface area contributed by atoms with Gasteiger partial charge >= 0.3 is 5.97 Å². The SMILES string of the molecule is C=CCC(N)C(=O)OC1CCC(C)CC1. The lowest BCUT2D eigenvalue weighted by Gasteiger charge is -2.26. The lowest BCUT2D eigenvalue weighted by molar-refractivity contribution is -0.152. The molecule has 1 rings (SSSR count). The third kappa shape index (κ3) is 4.04. The van der Waals surface area contributed by atoms with E-state index >= 15 is 0 Å². The van der Waals surface area contributed by atoms with Gasteiger partial charge in [0.15, 0.2) is 0 Å². The minimum atomic E-state index is -0.540. The molecule has 15 heavy (non-hydrogen) atoms. The Bertz CT molecular complexity index is 220. The molecule has 0 heterocycles. The van der Waals surface area contributed by atoms with E-state index in [0.29, 0.717) is 6.42 Å². The predicted molar refractivity (Wildman–Crippen MR) is 60.3 cm³/mol. The minimum absolute atomic E-state index is 0.0876. The lowest BCUT2D eigenvalue weighted by Crippen LogP contribution is -2.35.